The fraction of sp³-hybridized carbons (Fsp3) is 0.500. The number of nitrogens with zero attached hydrogens (tertiary/aromatic N) is 4. The number of fused-ring (bicyclic) bond motifs is 1. The average molecular weight is 312 g/mol. The van der Waals surface area contributed by atoms with Crippen molar-refractivity contribution < 1.29 is 18.0 Å². The lowest BCUT2D eigenvalue weighted by atomic mass is 9.97. The van der Waals surface area contributed by atoms with Crippen LogP contribution < -0.4 is 0 Å². The number of carbonyl (C=O) groups is 1. The second-order valence-electron chi connectivity index (χ2n) is 5.46. The van der Waals surface area contributed by atoms with E-state index in [9.17, 15) is 18.0 Å². The molecule has 1 aromatic carbocycles. The third-order valence-electron chi connectivity index (χ3n) is 3.94. The Bertz CT molecular complexity index is 682. The fourth-order valence-electron chi connectivity index (χ4n) is 2.73. The van der Waals surface area contributed by atoms with Gasteiger partial charge in [0.25, 0.3) is 0 Å². The summed E-state index contributed by atoms with van der Waals surface area (Å²) in [5, 5.41) is 7.83. The van der Waals surface area contributed by atoms with Gasteiger partial charge in [0, 0.05) is 13.1 Å². The van der Waals surface area contributed by atoms with E-state index in [1.54, 1.807) is 18.2 Å². The van der Waals surface area contributed by atoms with Crippen molar-refractivity contribution >= 4 is 16.9 Å². The standard InChI is InChI=1S/C14H15F3N4O/c15-14(16,17)10-4-3-7-20(8-10)13(22)9-21-12-6-2-1-5-11(12)18-19-21/h1-2,5-6,10H,3-4,7-9H2/t10-/m0/s1. The quantitative estimate of drug-likeness (QED) is 0.854. The van der Waals surface area contributed by atoms with Gasteiger partial charge in [-0.2, -0.15) is 13.2 Å². The Morgan fingerprint density at radius 2 is 2.09 bits per heavy atom. The van der Waals surface area contributed by atoms with Crippen LogP contribution in [0.4, 0.5) is 13.2 Å². The van der Waals surface area contributed by atoms with E-state index in [0.717, 1.165) is 0 Å². The smallest absolute Gasteiger partial charge is 0.340 e. The van der Waals surface area contributed by atoms with Gasteiger partial charge in [-0.3, -0.25) is 4.79 Å². The van der Waals surface area contributed by atoms with E-state index in [4.69, 9.17) is 0 Å². The lowest BCUT2D eigenvalue weighted by Crippen LogP contribution is -2.45. The highest BCUT2D eigenvalue weighted by atomic mass is 19.4. The summed E-state index contributed by atoms with van der Waals surface area (Å²) in [5.41, 5.74) is 1.35. The van der Waals surface area contributed by atoms with Gasteiger partial charge in [0.15, 0.2) is 0 Å². The van der Waals surface area contributed by atoms with Crippen LogP contribution >= 0.6 is 0 Å². The maximum absolute atomic E-state index is 12.8. The van der Waals surface area contributed by atoms with Crippen LogP contribution in [0.15, 0.2) is 24.3 Å². The first-order valence-electron chi connectivity index (χ1n) is 7.08. The van der Waals surface area contributed by atoms with Gasteiger partial charge >= 0.3 is 6.18 Å². The van der Waals surface area contributed by atoms with Crippen LogP contribution in [-0.4, -0.2) is 45.1 Å². The van der Waals surface area contributed by atoms with Crippen molar-refractivity contribution in [1.29, 1.82) is 0 Å². The molecular weight excluding hydrogens is 297 g/mol. The van der Waals surface area contributed by atoms with Crippen molar-refractivity contribution in [3.8, 4) is 0 Å². The molecule has 1 aliphatic rings. The maximum Gasteiger partial charge on any atom is 0.393 e. The van der Waals surface area contributed by atoms with Crippen LogP contribution in [0.1, 0.15) is 12.8 Å². The number of piperidine rings is 1. The highest BCUT2D eigenvalue weighted by Crippen LogP contribution is 2.33. The van der Waals surface area contributed by atoms with E-state index in [2.05, 4.69) is 10.3 Å². The maximum atomic E-state index is 12.8. The predicted molar refractivity (Wildman–Crippen MR) is 72.9 cm³/mol. The molecule has 0 bridgehead atoms. The zero-order chi connectivity index (χ0) is 15.7. The molecule has 0 aliphatic carbocycles. The second-order valence-corrected chi connectivity index (χ2v) is 5.46. The monoisotopic (exact) mass is 312 g/mol. The minimum Gasteiger partial charge on any atom is -0.340 e. The second kappa shape index (κ2) is 5.58. The topological polar surface area (TPSA) is 51.0 Å². The molecule has 1 amide bonds. The minimum atomic E-state index is -4.25. The largest absolute Gasteiger partial charge is 0.393 e. The van der Waals surface area contributed by atoms with Crippen molar-refractivity contribution in [2.24, 2.45) is 5.92 Å². The molecule has 2 heterocycles. The number of rotatable bonds is 2. The molecule has 0 radical (unpaired) electrons. The van der Waals surface area contributed by atoms with Gasteiger partial charge in [0.05, 0.1) is 11.4 Å². The Balaban J connectivity index is 1.71. The van der Waals surface area contributed by atoms with Crippen LogP contribution in [0, 0.1) is 5.92 Å². The number of hydrogen-bond acceptors (Lipinski definition) is 3. The van der Waals surface area contributed by atoms with Crippen molar-refractivity contribution in [2.45, 2.75) is 25.6 Å². The normalized spacial score (nSPS) is 19.6. The van der Waals surface area contributed by atoms with Crippen LogP contribution in [0.25, 0.3) is 11.0 Å². The van der Waals surface area contributed by atoms with Gasteiger partial charge in [0.2, 0.25) is 5.91 Å². The number of hydrogen-bond donors (Lipinski definition) is 0. The molecule has 22 heavy (non-hydrogen) atoms. The van der Waals surface area contributed by atoms with E-state index in [0.29, 0.717) is 24.0 Å². The summed E-state index contributed by atoms with van der Waals surface area (Å²) in [6.07, 6.45) is -3.80. The van der Waals surface area contributed by atoms with Crippen LogP contribution in [0.2, 0.25) is 0 Å². The summed E-state index contributed by atoms with van der Waals surface area (Å²) in [4.78, 5) is 13.5. The van der Waals surface area contributed by atoms with Crippen LogP contribution in [0.3, 0.4) is 0 Å². The molecule has 1 aromatic heterocycles. The van der Waals surface area contributed by atoms with E-state index >= 15 is 0 Å². The van der Waals surface area contributed by atoms with E-state index in [1.807, 2.05) is 6.07 Å². The predicted octanol–water partition coefficient (Wildman–Crippen LogP) is 2.23. The fourth-order valence-corrected chi connectivity index (χ4v) is 2.73. The molecule has 1 fully saturated rings. The number of halogens is 3. The van der Waals surface area contributed by atoms with Crippen LogP contribution in [-0.2, 0) is 11.3 Å². The molecule has 0 unspecified atom stereocenters. The van der Waals surface area contributed by atoms with Gasteiger partial charge in [-0.1, -0.05) is 17.3 Å². The average Bonchev–Trinajstić information content (AvgIpc) is 2.90. The first-order valence-corrected chi connectivity index (χ1v) is 7.08. The molecule has 0 N–H and O–H groups in total. The Labute approximate surface area is 124 Å². The third kappa shape index (κ3) is 2.90. The highest BCUT2D eigenvalue weighted by molar-refractivity contribution is 5.79. The molecule has 0 saturated carbocycles. The number of alkyl halides is 3. The summed E-state index contributed by atoms with van der Waals surface area (Å²) < 4.78 is 39.8. The molecule has 1 atom stereocenters. The van der Waals surface area contributed by atoms with Gasteiger partial charge in [-0.25, -0.2) is 4.68 Å². The van der Waals surface area contributed by atoms with Gasteiger partial charge in [0.1, 0.15) is 12.1 Å². The molecule has 8 heteroatoms. The molecule has 1 saturated heterocycles. The van der Waals surface area contributed by atoms with Gasteiger partial charge < -0.3 is 4.90 Å². The number of aromatic nitrogens is 3. The zero-order valence-electron chi connectivity index (χ0n) is 11.8. The molecule has 5 nitrogen and oxygen atoms in total. The SMILES string of the molecule is O=C(Cn1nnc2ccccc21)N1CCC[C@H](C(F)(F)F)C1. The minimum absolute atomic E-state index is 0.0829. The van der Waals surface area contributed by atoms with E-state index in [1.165, 1.54) is 9.58 Å². The summed E-state index contributed by atoms with van der Waals surface area (Å²) in [5.74, 6) is -1.79. The Morgan fingerprint density at radius 1 is 1.32 bits per heavy atom. The van der Waals surface area contributed by atoms with Crippen LogP contribution in [0.5, 0.6) is 0 Å². The Hall–Kier alpha value is -2.12. The Kier molecular flexibility index (Phi) is 3.76. The first kappa shape index (κ1) is 14.8. The number of carbonyl (C=O) groups excluding carboxylic acids is 1. The summed E-state index contributed by atoms with van der Waals surface area (Å²) in [6.45, 7) is -0.00189. The van der Waals surface area contributed by atoms with Gasteiger partial charge in [-0.15, -0.1) is 5.10 Å². The molecule has 2 aromatic rings. The molecule has 1 aliphatic heterocycles. The highest BCUT2D eigenvalue weighted by Gasteiger charge is 2.42. The number of benzene rings is 1. The van der Waals surface area contributed by atoms with Crippen molar-refractivity contribution in [3.05, 3.63) is 24.3 Å². The van der Waals surface area contributed by atoms with Crippen molar-refractivity contribution in [2.75, 3.05) is 13.1 Å². The third-order valence-corrected chi connectivity index (χ3v) is 3.94. The lowest BCUT2D eigenvalue weighted by Gasteiger charge is -2.33. The molecule has 3 rings (SSSR count). The van der Waals surface area contributed by atoms with Gasteiger partial charge in [-0.05, 0) is 25.0 Å². The number of amides is 1. The molecule has 0 spiro atoms. The van der Waals surface area contributed by atoms with E-state index in [-0.39, 0.29) is 25.4 Å². The van der Waals surface area contributed by atoms with E-state index < -0.39 is 12.1 Å². The summed E-state index contributed by atoms with van der Waals surface area (Å²) in [6, 6.07) is 7.15. The van der Waals surface area contributed by atoms with Crippen molar-refractivity contribution in [3.63, 3.8) is 0 Å². The summed E-state index contributed by atoms with van der Waals surface area (Å²) >= 11 is 0. The van der Waals surface area contributed by atoms with Crippen molar-refractivity contribution in [1.82, 2.24) is 19.9 Å². The zero-order valence-corrected chi connectivity index (χ0v) is 11.8. The first-order chi connectivity index (χ1) is 10.4. The number of para-hydroxylation sites is 1. The number of likely N-dealkylation sites (tertiary alicyclic amines) is 1. The lowest BCUT2D eigenvalue weighted by molar-refractivity contribution is -0.188. The Morgan fingerprint density at radius 3 is 2.86 bits per heavy atom. The summed E-state index contributed by atoms with van der Waals surface area (Å²) in [7, 11) is 0. The molecular formula is C14H15F3N4O. The molecule has 118 valence electrons.